The number of ether oxygens (including phenoxy) is 1. The number of hydrogen-bond donors (Lipinski definition) is 5. The fourth-order valence-corrected chi connectivity index (χ4v) is 5.30. The molecule has 35 heavy (non-hydrogen) atoms. The number of aliphatic imine (C=N–C) groups is 1. The minimum absolute atomic E-state index is 0.0432. The van der Waals surface area contributed by atoms with E-state index in [9.17, 15) is 13.9 Å². The van der Waals surface area contributed by atoms with Crippen LogP contribution in [0.5, 0.6) is 5.75 Å². The van der Waals surface area contributed by atoms with Crippen molar-refractivity contribution in [2.45, 2.75) is 31.6 Å². The molecule has 2 aromatic heterocycles. The quantitative estimate of drug-likeness (QED) is 0.379. The van der Waals surface area contributed by atoms with Gasteiger partial charge in [-0.1, -0.05) is 0 Å². The van der Waals surface area contributed by atoms with Crippen LogP contribution in [0.4, 0.5) is 20.3 Å². The van der Waals surface area contributed by atoms with E-state index in [0.717, 1.165) is 0 Å². The summed E-state index contributed by atoms with van der Waals surface area (Å²) in [6, 6.07) is 2.39. The number of fused-ring (bicyclic) bond motifs is 4. The second kappa shape index (κ2) is 8.02. The van der Waals surface area contributed by atoms with Crippen molar-refractivity contribution in [2.75, 3.05) is 30.8 Å². The van der Waals surface area contributed by atoms with Gasteiger partial charge in [-0.2, -0.15) is 0 Å². The third-order valence-electron chi connectivity index (χ3n) is 7.13. The lowest BCUT2D eigenvalue weighted by molar-refractivity contribution is 0.0410. The molecular formula is C23H26F2N8O2. The molecule has 10 nitrogen and oxygen atoms in total. The number of amidine groups is 1. The van der Waals surface area contributed by atoms with E-state index in [1.807, 2.05) is 4.90 Å². The van der Waals surface area contributed by atoms with E-state index in [4.69, 9.17) is 15.5 Å². The number of anilines is 2. The van der Waals surface area contributed by atoms with Crippen molar-refractivity contribution >= 4 is 28.2 Å². The summed E-state index contributed by atoms with van der Waals surface area (Å²) in [6.07, 6.45) is 0.240. The molecule has 0 amide bonds. The maximum absolute atomic E-state index is 14.5. The lowest BCUT2D eigenvalue weighted by Gasteiger charge is -2.40. The molecule has 184 valence electrons. The number of aliphatic hydroxyl groups excluding tert-OH is 1. The van der Waals surface area contributed by atoms with E-state index in [0.29, 0.717) is 52.6 Å². The van der Waals surface area contributed by atoms with Crippen molar-refractivity contribution in [1.29, 1.82) is 0 Å². The molecule has 4 heterocycles. The first kappa shape index (κ1) is 22.0. The Kier molecular flexibility index (Phi) is 5.04. The topological polar surface area (TPSA) is 137 Å². The van der Waals surface area contributed by atoms with Gasteiger partial charge in [0.1, 0.15) is 29.7 Å². The van der Waals surface area contributed by atoms with Crippen LogP contribution in [0.25, 0.3) is 10.9 Å². The van der Waals surface area contributed by atoms with E-state index < -0.39 is 24.7 Å². The van der Waals surface area contributed by atoms with Gasteiger partial charge in [-0.3, -0.25) is 0 Å². The average Bonchev–Trinajstić information content (AvgIpc) is 3.43. The maximum Gasteiger partial charge on any atom is 0.271 e. The number of nitrogens with one attached hydrogen (secondary N) is 3. The van der Waals surface area contributed by atoms with Crippen molar-refractivity contribution in [2.24, 2.45) is 22.6 Å². The Morgan fingerprint density at radius 3 is 2.69 bits per heavy atom. The van der Waals surface area contributed by atoms with Gasteiger partial charge in [0.25, 0.3) is 6.35 Å². The summed E-state index contributed by atoms with van der Waals surface area (Å²) in [5, 5.41) is 16.5. The Morgan fingerprint density at radius 2 is 2.00 bits per heavy atom. The second-order valence-corrected chi connectivity index (χ2v) is 9.28. The van der Waals surface area contributed by atoms with Gasteiger partial charge in [0.15, 0.2) is 11.6 Å². The zero-order valence-corrected chi connectivity index (χ0v) is 19.2. The fourth-order valence-electron chi connectivity index (χ4n) is 5.30. The molecule has 0 bridgehead atoms. The van der Waals surface area contributed by atoms with Crippen LogP contribution in [0.15, 0.2) is 29.5 Å². The smallest absolute Gasteiger partial charge is 0.271 e. The Labute approximate surface area is 199 Å². The monoisotopic (exact) mass is 484 g/mol. The van der Waals surface area contributed by atoms with Crippen LogP contribution in [0.2, 0.25) is 0 Å². The number of aromatic nitrogens is 3. The first-order valence-corrected chi connectivity index (χ1v) is 11.5. The molecule has 0 spiro atoms. The summed E-state index contributed by atoms with van der Waals surface area (Å²) < 4.78 is 34.8. The number of aliphatic hydroxyl groups is 1. The molecule has 0 radical (unpaired) electrons. The number of nitrogens with zero attached hydrogens (tertiary/aromatic N) is 4. The van der Waals surface area contributed by atoms with E-state index in [1.165, 1.54) is 24.5 Å². The highest BCUT2D eigenvalue weighted by Crippen LogP contribution is 2.44. The van der Waals surface area contributed by atoms with Crippen molar-refractivity contribution in [1.82, 2.24) is 19.9 Å². The summed E-state index contributed by atoms with van der Waals surface area (Å²) in [5.41, 5.74) is 8.02. The number of likely N-dealkylation sites (tertiary alicyclic amines) is 1. The predicted octanol–water partition coefficient (Wildman–Crippen LogP) is 1.95. The normalized spacial score (nSPS) is 28.0. The van der Waals surface area contributed by atoms with Gasteiger partial charge in [-0.15, -0.1) is 0 Å². The van der Waals surface area contributed by atoms with Gasteiger partial charge in [-0.05, 0) is 19.1 Å². The highest BCUT2D eigenvalue weighted by Gasteiger charge is 2.55. The number of hydrogen-bond acceptors (Lipinski definition) is 9. The van der Waals surface area contributed by atoms with E-state index in [2.05, 4.69) is 25.6 Å². The summed E-state index contributed by atoms with van der Waals surface area (Å²) in [5.74, 6) is 1.33. The summed E-state index contributed by atoms with van der Waals surface area (Å²) in [6.45, 7) is 2.60. The summed E-state index contributed by atoms with van der Waals surface area (Å²) in [7, 11) is 1.72. The minimum Gasteiger partial charge on any atom is -0.447 e. The number of aromatic amines is 1. The number of benzene rings is 1. The largest absolute Gasteiger partial charge is 0.447 e. The Hall–Kier alpha value is -3.51. The molecule has 3 aromatic rings. The van der Waals surface area contributed by atoms with Crippen LogP contribution in [-0.4, -0.2) is 69.5 Å². The van der Waals surface area contributed by atoms with E-state index >= 15 is 0 Å². The number of nitrogens with two attached hydrogens (primary N) is 1. The first-order chi connectivity index (χ1) is 16.8. The van der Waals surface area contributed by atoms with Gasteiger partial charge in [-0.25, -0.2) is 23.7 Å². The fraction of sp³-hybridized carbons (Fsp3) is 0.435. The molecule has 1 saturated carbocycles. The van der Waals surface area contributed by atoms with E-state index in [-0.39, 0.29) is 23.5 Å². The molecule has 1 saturated heterocycles. The van der Waals surface area contributed by atoms with Crippen LogP contribution in [0.1, 0.15) is 24.4 Å². The average molecular weight is 485 g/mol. The van der Waals surface area contributed by atoms with Gasteiger partial charge in [0.2, 0.25) is 0 Å². The Balaban J connectivity index is 1.40. The highest BCUT2D eigenvalue weighted by molar-refractivity contribution is 6.17. The molecule has 1 aliphatic carbocycles. The number of rotatable bonds is 4. The Morgan fingerprint density at radius 1 is 1.26 bits per heavy atom. The zero-order valence-electron chi connectivity index (χ0n) is 19.2. The number of alkyl halides is 1. The van der Waals surface area contributed by atoms with Crippen LogP contribution in [0, 0.1) is 17.7 Å². The molecule has 12 heteroatoms. The lowest BCUT2D eigenvalue weighted by Crippen LogP contribution is -2.57. The third kappa shape index (κ3) is 3.47. The van der Waals surface area contributed by atoms with Gasteiger partial charge in [0, 0.05) is 43.4 Å². The third-order valence-corrected chi connectivity index (χ3v) is 7.13. The van der Waals surface area contributed by atoms with Crippen molar-refractivity contribution in [3.05, 3.63) is 41.7 Å². The molecule has 1 aromatic carbocycles. The molecule has 6 N–H and O–H groups in total. The molecule has 6 unspecified atom stereocenters. The first-order valence-electron chi connectivity index (χ1n) is 11.5. The van der Waals surface area contributed by atoms with Crippen LogP contribution in [-0.2, 0) is 0 Å². The van der Waals surface area contributed by atoms with Gasteiger partial charge in [0.05, 0.1) is 29.2 Å². The minimum atomic E-state index is -1.04. The summed E-state index contributed by atoms with van der Waals surface area (Å²) in [4.78, 5) is 18.3. The van der Waals surface area contributed by atoms with Crippen LogP contribution >= 0.6 is 0 Å². The highest BCUT2D eigenvalue weighted by atomic mass is 19.1. The Bertz CT molecular complexity index is 1300. The van der Waals surface area contributed by atoms with Crippen molar-refractivity contribution in [3.63, 3.8) is 0 Å². The van der Waals surface area contributed by atoms with Crippen molar-refractivity contribution < 1.29 is 18.6 Å². The molecular weight excluding hydrogens is 458 g/mol. The van der Waals surface area contributed by atoms with E-state index in [1.54, 1.807) is 14.0 Å². The summed E-state index contributed by atoms with van der Waals surface area (Å²) >= 11 is 0. The standard InChI is InChI=1S/C23H26F2N8O2/c1-9(34)20-28-5-11(6-29-20)35-23-31-21-16(12-3-10(24)4-15(27-2)19(12)30-21)22(32-23)33-7-13-14(8-33)18(26)17(13)25/h3-6,9,13-14,17-18,23,27,30-31,34H,7-8,26H2,1-2H3. The maximum atomic E-state index is 14.5. The van der Waals surface area contributed by atoms with Gasteiger partial charge < -0.3 is 36.1 Å². The number of H-pyrrole nitrogens is 1. The zero-order chi connectivity index (χ0) is 24.4. The molecule has 6 atom stereocenters. The van der Waals surface area contributed by atoms with Crippen LogP contribution in [0.3, 0.4) is 0 Å². The predicted molar refractivity (Wildman–Crippen MR) is 126 cm³/mol. The lowest BCUT2D eigenvalue weighted by atomic mass is 9.70. The van der Waals surface area contributed by atoms with Crippen molar-refractivity contribution in [3.8, 4) is 5.75 Å². The molecule has 6 rings (SSSR count). The molecule has 2 fully saturated rings. The van der Waals surface area contributed by atoms with Crippen LogP contribution < -0.4 is 21.1 Å². The molecule has 3 aliphatic rings. The SMILES string of the molecule is CNc1cc(F)cc2c3c([nH]c12)NC(Oc1cnc(C(C)O)nc1)N=C3N1CC2C(N)C(F)C2C1. The molecule has 2 aliphatic heterocycles. The number of halogens is 2. The second-order valence-electron chi connectivity index (χ2n) is 9.28. The van der Waals surface area contributed by atoms with Gasteiger partial charge >= 0.3 is 0 Å².